The van der Waals surface area contributed by atoms with Gasteiger partial charge in [-0.2, -0.15) is 18.2 Å². The summed E-state index contributed by atoms with van der Waals surface area (Å²) in [6, 6.07) is 4.02. The second-order valence-electron chi connectivity index (χ2n) is 8.59. The fourth-order valence-corrected chi connectivity index (χ4v) is 3.32. The van der Waals surface area contributed by atoms with Gasteiger partial charge in [0.15, 0.2) is 11.5 Å². The fraction of sp³-hybridized carbons (Fsp3) is 0.333. The van der Waals surface area contributed by atoms with Crippen LogP contribution < -0.4 is 16.2 Å². The molecule has 2 N–H and O–H groups in total. The smallest absolute Gasteiger partial charge is 0.394 e. The predicted molar refractivity (Wildman–Crippen MR) is 130 cm³/mol. The lowest BCUT2D eigenvalue weighted by atomic mass is 9.88. The van der Waals surface area contributed by atoms with Crippen LogP contribution in [0.2, 0.25) is 0 Å². The van der Waals surface area contributed by atoms with Crippen molar-refractivity contribution in [2.24, 2.45) is 0 Å². The molecule has 0 aliphatic carbocycles. The highest BCUT2D eigenvalue weighted by atomic mass is 19.4. The number of hydrogen-bond donors (Lipinski definition) is 2. The summed E-state index contributed by atoms with van der Waals surface area (Å²) < 4.78 is 43.9. The first-order chi connectivity index (χ1) is 16.4. The Morgan fingerprint density at radius 1 is 1.20 bits per heavy atom. The van der Waals surface area contributed by atoms with Crippen LogP contribution in [0.4, 0.5) is 19.1 Å². The lowest BCUT2D eigenvalue weighted by Crippen LogP contribution is -2.37. The van der Waals surface area contributed by atoms with Crippen LogP contribution in [0, 0.1) is 0 Å². The van der Waals surface area contributed by atoms with Gasteiger partial charge >= 0.3 is 6.18 Å². The van der Waals surface area contributed by atoms with E-state index in [9.17, 15) is 18.0 Å². The first-order valence-electron chi connectivity index (χ1n) is 10.9. The van der Waals surface area contributed by atoms with Gasteiger partial charge < -0.3 is 10.6 Å². The number of fused-ring (bicyclic) bond motifs is 1. The van der Waals surface area contributed by atoms with Gasteiger partial charge in [0.25, 0.3) is 5.56 Å². The third kappa shape index (κ3) is 4.98. The Morgan fingerprint density at radius 3 is 2.51 bits per heavy atom. The maximum atomic E-state index is 13.7. The molecule has 0 aromatic carbocycles. The van der Waals surface area contributed by atoms with Gasteiger partial charge in [-0.1, -0.05) is 12.6 Å². The quantitative estimate of drug-likeness (QED) is 0.451. The summed E-state index contributed by atoms with van der Waals surface area (Å²) in [5, 5.41) is 6.10. The maximum absolute atomic E-state index is 13.7. The number of aromatic nitrogens is 5. The molecule has 186 valence electrons. The summed E-state index contributed by atoms with van der Waals surface area (Å²) in [5.74, 6) is 0.324. The van der Waals surface area contributed by atoms with Crippen molar-refractivity contribution in [3.63, 3.8) is 0 Å². The van der Waals surface area contributed by atoms with Crippen LogP contribution in [-0.2, 0) is 5.41 Å². The molecule has 3 heterocycles. The Bertz CT molecular complexity index is 1350. The minimum absolute atomic E-state index is 0.140. The van der Waals surface area contributed by atoms with Crippen molar-refractivity contribution in [1.82, 2.24) is 29.6 Å². The lowest BCUT2D eigenvalue weighted by Gasteiger charge is -2.27. The van der Waals surface area contributed by atoms with Crippen molar-refractivity contribution >= 4 is 17.0 Å². The van der Waals surface area contributed by atoms with Crippen molar-refractivity contribution in [3.05, 3.63) is 77.1 Å². The lowest BCUT2D eigenvalue weighted by molar-refractivity contribution is -0.181. The summed E-state index contributed by atoms with van der Waals surface area (Å²) in [6.45, 7) is 9.47. The third-order valence-corrected chi connectivity index (χ3v) is 5.43. The second kappa shape index (κ2) is 9.77. The van der Waals surface area contributed by atoms with Gasteiger partial charge in [0.1, 0.15) is 10.8 Å². The number of nitrogens with one attached hydrogen (secondary N) is 2. The maximum Gasteiger partial charge on any atom is 0.399 e. The average Bonchev–Trinajstić information content (AvgIpc) is 3.09. The molecule has 0 saturated carbocycles. The van der Waals surface area contributed by atoms with E-state index in [1.807, 2.05) is 0 Å². The molecule has 0 radical (unpaired) electrons. The zero-order valence-corrected chi connectivity index (χ0v) is 20.2. The Hall–Kier alpha value is -3.89. The average molecular weight is 488 g/mol. The number of anilines is 1. The number of hydrogen-bond acceptors (Lipinski definition) is 6. The van der Waals surface area contributed by atoms with Gasteiger partial charge in [0.05, 0.1) is 5.69 Å². The highest BCUT2D eigenvalue weighted by molar-refractivity contribution is 5.76. The minimum atomic E-state index is -4.51. The number of pyridine rings is 1. The summed E-state index contributed by atoms with van der Waals surface area (Å²) in [6.07, 6.45) is 3.67. The monoisotopic (exact) mass is 487 g/mol. The van der Waals surface area contributed by atoms with Gasteiger partial charge in [-0.3, -0.25) is 4.79 Å². The number of rotatable bonds is 8. The zero-order valence-electron chi connectivity index (χ0n) is 20.2. The first kappa shape index (κ1) is 25.7. The van der Waals surface area contributed by atoms with Crippen LogP contribution in [0.1, 0.15) is 39.4 Å². The molecule has 0 unspecified atom stereocenters. The van der Waals surface area contributed by atoms with E-state index >= 15 is 0 Å². The van der Waals surface area contributed by atoms with Crippen LogP contribution in [-0.4, -0.2) is 37.5 Å². The van der Waals surface area contributed by atoms with Crippen molar-refractivity contribution in [1.29, 1.82) is 0 Å². The van der Waals surface area contributed by atoms with E-state index in [0.717, 1.165) is 13.8 Å². The van der Waals surface area contributed by atoms with E-state index in [-0.39, 0.29) is 40.1 Å². The summed E-state index contributed by atoms with van der Waals surface area (Å²) in [4.78, 5) is 26.2. The molecule has 3 rings (SSSR count). The standard InChI is InChI=1S/C24H28F3N7O/c1-7-16(10-9-13-28-6)30-22-29-14-17-20(32-22)34(33(15(2)3)21(17)35)19-12-8-11-18(31-19)23(4,5)24(25,26)27/h7-15,28H,1H2,2-6H3,(H,29,30,32)/b13-9+,16-10+. The number of halogens is 3. The van der Waals surface area contributed by atoms with Crippen molar-refractivity contribution < 1.29 is 13.2 Å². The molecule has 0 aliphatic rings. The molecule has 0 bridgehead atoms. The fourth-order valence-electron chi connectivity index (χ4n) is 3.32. The molecule has 35 heavy (non-hydrogen) atoms. The van der Waals surface area contributed by atoms with Crippen molar-refractivity contribution in [2.75, 3.05) is 12.4 Å². The third-order valence-electron chi connectivity index (χ3n) is 5.43. The van der Waals surface area contributed by atoms with E-state index in [1.54, 1.807) is 51.4 Å². The van der Waals surface area contributed by atoms with Gasteiger partial charge in [-0.25, -0.2) is 19.3 Å². The van der Waals surface area contributed by atoms with Crippen LogP contribution in [0.15, 0.2) is 65.9 Å². The molecule has 0 amide bonds. The van der Waals surface area contributed by atoms with Gasteiger partial charge in [-0.15, -0.1) is 0 Å². The van der Waals surface area contributed by atoms with E-state index in [0.29, 0.717) is 5.70 Å². The molecule has 0 aliphatic heterocycles. The molecule has 3 aromatic heterocycles. The Balaban J connectivity index is 2.23. The molecule has 0 spiro atoms. The Kier molecular flexibility index (Phi) is 7.18. The molecular formula is C24H28F3N7O. The molecule has 8 nitrogen and oxygen atoms in total. The van der Waals surface area contributed by atoms with Crippen LogP contribution >= 0.6 is 0 Å². The number of alkyl halides is 3. The first-order valence-corrected chi connectivity index (χ1v) is 10.9. The van der Waals surface area contributed by atoms with Gasteiger partial charge in [0.2, 0.25) is 5.95 Å². The number of nitrogens with zero attached hydrogens (tertiary/aromatic N) is 5. The topological polar surface area (TPSA) is 89.7 Å². The molecule has 0 atom stereocenters. The Morgan fingerprint density at radius 2 is 1.91 bits per heavy atom. The predicted octanol–water partition coefficient (Wildman–Crippen LogP) is 4.61. The number of allylic oxidation sites excluding steroid dienone is 3. The molecular weight excluding hydrogens is 459 g/mol. The van der Waals surface area contributed by atoms with E-state index in [4.69, 9.17) is 0 Å². The van der Waals surface area contributed by atoms with E-state index in [2.05, 4.69) is 32.2 Å². The second-order valence-corrected chi connectivity index (χ2v) is 8.59. The van der Waals surface area contributed by atoms with Crippen LogP contribution in [0.5, 0.6) is 0 Å². The molecule has 11 heteroatoms. The van der Waals surface area contributed by atoms with Crippen LogP contribution in [0.25, 0.3) is 16.9 Å². The van der Waals surface area contributed by atoms with Gasteiger partial charge in [0, 0.05) is 25.0 Å². The Labute approximate surface area is 200 Å². The minimum Gasteiger partial charge on any atom is -0.394 e. The molecule has 0 saturated heterocycles. The SMILES string of the molecule is C=C/C(=C\C=C\NC)Nc1ncc2c(=O)n(C(C)C)n(-c3cccc(C(C)(C)C(F)(F)F)n3)c2n1. The normalized spacial score (nSPS) is 13.1. The van der Waals surface area contributed by atoms with Crippen molar-refractivity contribution in [2.45, 2.75) is 45.3 Å². The van der Waals surface area contributed by atoms with Crippen LogP contribution in [0.3, 0.4) is 0 Å². The van der Waals surface area contributed by atoms with Crippen molar-refractivity contribution in [3.8, 4) is 5.82 Å². The highest BCUT2D eigenvalue weighted by Crippen LogP contribution is 2.39. The molecule has 3 aromatic rings. The molecule has 0 fully saturated rings. The van der Waals surface area contributed by atoms with E-state index < -0.39 is 11.6 Å². The summed E-state index contributed by atoms with van der Waals surface area (Å²) >= 11 is 0. The zero-order chi connectivity index (χ0) is 26.0. The highest BCUT2D eigenvalue weighted by Gasteiger charge is 2.49. The largest absolute Gasteiger partial charge is 0.399 e. The summed E-state index contributed by atoms with van der Waals surface area (Å²) in [5.41, 5.74) is -1.93. The summed E-state index contributed by atoms with van der Waals surface area (Å²) in [7, 11) is 1.76. The van der Waals surface area contributed by atoms with Gasteiger partial charge in [-0.05, 0) is 64.3 Å². The van der Waals surface area contributed by atoms with E-state index in [1.165, 1.54) is 27.7 Å².